The Labute approximate surface area is 176 Å². The number of halogens is 1. The number of aromatic carboxylic acids is 1. The molecule has 4 N–H and O–H groups in total. The van der Waals surface area contributed by atoms with Crippen molar-refractivity contribution in [1.82, 2.24) is 9.97 Å². The van der Waals surface area contributed by atoms with Crippen molar-refractivity contribution in [1.29, 1.82) is 0 Å². The predicted molar refractivity (Wildman–Crippen MR) is 112 cm³/mol. The maximum Gasteiger partial charge on any atom is 0.372 e. The SMILES string of the molecule is COC(=O)c1cccc(CN)c1.Cl.O=C(O)c1nc2sc3c(c2c(=O)[nH]1)CCC3. The van der Waals surface area contributed by atoms with Crippen LogP contribution < -0.4 is 11.3 Å². The van der Waals surface area contributed by atoms with Crippen LogP contribution >= 0.6 is 23.7 Å². The van der Waals surface area contributed by atoms with Crippen LogP contribution in [0.1, 0.15) is 43.4 Å². The smallest absolute Gasteiger partial charge is 0.372 e. The number of carboxylic acid groups (broad SMARTS) is 1. The van der Waals surface area contributed by atoms with Crippen LogP contribution in [0.5, 0.6) is 0 Å². The maximum absolute atomic E-state index is 11.8. The van der Waals surface area contributed by atoms with Gasteiger partial charge in [-0.3, -0.25) is 4.79 Å². The highest BCUT2D eigenvalue weighted by Gasteiger charge is 2.22. The number of carbonyl (C=O) groups excluding carboxylic acids is 1. The van der Waals surface area contributed by atoms with Crippen molar-refractivity contribution < 1.29 is 19.4 Å². The number of nitrogens with zero attached hydrogens (tertiary/aromatic N) is 1. The Morgan fingerprint density at radius 3 is 2.76 bits per heavy atom. The van der Waals surface area contributed by atoms with E-state index in [4.69, 9.17) is 10.8 Å². The van der Waals surface area contributed by atoms with E-state index < -0.39 is 5.97 Å². The number of fused-ring (bicyclic) bond motifs is 3. The number of methoxy groups -OCH3 is 1. The minimum absolute atomic E-state index is 0. The molecule has 2 heterocycles. The summed E-state index contributed by atoms with van der Waals surface area (Å²) < 4.78 is 4.56. The molecule has 1 aromatic carbocycles. The van der Waals surface area contributed by atoms with Crippen LogP contribution in [0.3, 0.4) is 0 Å². The second-order valence-electron chi connectivity index (χ2n) is 6.15. The summed E-state index contributed by atoms with van der Waals surface area (Å²) in [5, 5.41) is 9.37. The molecule has 1 aliphatic rings. The topological polar surface area (TPSA) is 135 Å². The number of nitrogens with one attached hydrogen (secondary N) is 1. The molecule has 10 heteroatoms. The molecule has 0 fully saturated rings. The van der Waals surface area contributed by atoms with E-state index in [-0.39, 0.29) is 29.8 Å². The summed E-state index contributed by atoms with van der Waals surface area (Å²) >= 11 is 1.44. The Balaban J connectivity index is 0.000000209. The first-order chi connectivity index (χ1) is 13.4. The van der Waals surface area contributed by atoms with Crippen molar-refractivity contribution in [2.45, 2.75) is 25.8 Å². The van der Waals surface area contributed by atoms with E-state index >= 15 is 0 Å². The molecular weight excluding hydrogens is 418 g/mol. The van der Waals surface area contributed by atoms with Gasteiger partial charge in [-0.2, -0.15) is 0 Å². The number of aromatic amines is 1. The van der Waals surface area contributed by atoms with Gasteiger partial charge in [-0.25, -0.2) is 14.6 Å². The Bertz CT molecular complexity index is 1110. The van der Waals surface area contributed by atoms with Crippen molar-refractivity contribution in [3.63, 3.8) is 0 Å². The second-order valence-corrected chi connectivity index (χ2v) is 7.24. The maximum atomic E-state index is 11.8. The van der Waals surface area contributed by atoms with Gasteiger partial charge in [0, 0.05) is 11.4 Å². The molecule has 3 aromatic rings. The summed E-state index contributed by atoms with van der Waals surface area (Å²) in [6.45, 7) is 0.435. The molecule has 0 saturated heterocycles. The molecule has 0 atom stereocenters. The molecule has 0 unspecified atom stereocenters. The minimum atomic E-state index is -1.20. The molecule has 0 amide bonds. The molecule has 1 aliphatic carbocycles. The average molecular weight is 438 g/mol. The number of esters is 1. The largest absolute Gasteiger partial charge is 0.475 e. The van der Waals surface area contributed by atoms with Gasteiger partial charge in [-0.15, -0.1) is 23.7 Å². The Kier molecular flexibility index (Phi) is 7.49. The minimum Gasteiger partial charge on any atom is -0.475 e. The number of aryl methyl sites for hydroxylation is 2. The zero-order valence-corrected chi connectivity index (χ0v) is 17.2. The normalized spacial score (nSPS) is 11.8. The molecule has 0 radical (unpaired) electrons. The van der Waals surface area contributed by atoms with Crippen LogP contribution in [0.15, 0.2) is 29.1 Å². The lowest BCUT2D eigenvalue weighted by Crippen LogP contribution is -2.15. The number of ether oxygens (including phenoxy) is 1. The van der Waals surface area contributed by atoms with Crippen LogP contribution in [0, 0.1) is 0 Å². The summed E-state index contributed by atoms with van der Waals surface area (Å²) in [6, 6.07) is 7.08. The number of carbonyl (C=O) groups is 2. The van der Waals surface area contributed by atoms with Crippen LogP contribution in [-0.4, -0.2) is 34.1 Å². The van der Waals surface area contributed by atoms with Crippen molar-refractivity contribution in [3.8, 4) is 0 Å². The Morgan fingerprint density at radius 1 is 1.34 bits per heavy atom. The number of H-pyrrole nitrogens is 1. The first-order valence-electron chi connectivity index (χ1n) is 8.59. The number of hydrogen-bond acceptors (Lipinski definition) is 7. The van der Waals surface area contributed by atoms with Gasteiger partial charge in [-0.05, 0) is 42.5 Å². The summed E-state index contributed by atoms with van der Waals surface area (Å²) in [6.07, 6.45) is 2.93. The van der Waals surface area contributed by atoms with Crippen LogP contribution in [0.25, 0.3) is 10.2 Å². The van der Waals surface area contributed by atoms with E-state index in [0.717, 1.165) is 30.4 Å². The van der Waals surface area contributed by atoms with Gasteiger partial charge in [0.15, 0.2) is 0 Å². The van der Waals surface area contributed by atoms with Crippen molar-refractivity contribution >= 4 is 45.9 Å². The molecular formula is C19H20ClN3O5S. The zero-order chi connectivity index (χ0) is 20.3. The van der Waals surface area contributed by atoms with E-state index in [1.165, 1.54) is 23.3 Å². The summed E-state index contributed by atoms with van der Waals surface area (Å²) in [7, 11) is 1.36. The van der Waals surface area contributed by atoms with E-state index in [1.807, 2.05) is 6.07 Å². The lowest BCUT2D eigenvalue weighted by molar-refractivity contribution is 0.0599. The van der Waals surface area contributed by atoms with Gasteiger partial charge in [-0.1, -0.05) is 12.1 Å². The molecule has 0 aliphatic heterocycles. The number of benzene rings is 1. The lowest BCUT2D eigenvalue weighted by atomic mass is 10.1. The summed E-state index contributed by atoms with van der Waals surface area (Å²) in [5.41, 5.74) is 7.61. The third kappa shape index (κ3) is 4.81. The van der Waals surface area contributed by atoms with Gasteiger partial charge < -0.3 is 20.6 Å². The van der Waals surface area contributed by atoms with Crippen LogP contribution in [0.2, 0.25) is 0 Å². The van der Waals surface area contributed by atoms with E-state index in [9.17, 15) is 14.4 Å². The number of aromatic nitrogens is 2. The second kappa shape index (κ2) is 9.64. The highest BCUT2D eigenvalue weighted by atomic mass is 35.5. The molecule has 4 rings (SSSR count). The van der Waals surface area contributed by atoms with Crippen LogP contribution in [0.4, 0.5) is 0 Å². The summed E-state index contributed by atoms with van der Waals surface area (Å²) in [4.78, 5) is 41.5. The standard InChI is InChI=1S/C10H8N2O3S.C9H11NO2.ClH/c13-8-6-4-2-1-3-5(4)16-9(6)12-7(11-8)10(14)15;1-12-9(11)8-4-2-3-7(5-8)6-10;/h1-3H2,(H,14,15)(H,11,12,13);2-5H,6,10H2,1H3;1H. The fourth-order valence-corrected chi connectivity index (χ4v) is 4.31. The average Bonchev–Trinajstić information content (AvgIpc) is 3.28. The predicted octanol–water partition coefficient (Wildman–Crippen LogP) is 2.53. The third-order valence-electron chi connectivity index (χ3n) is 4.36. The van der Waals surface area contributed by atoms with Crippen molar-refractivity contribution in [3.05, 3.63) is 62.0 Å². The number of nitrogens with two attached hydrogens (primary N) is 1. The number of hydrogen-bond donors (Lipinski definition) is 3. The fourth-order valence-electron chi connectivity index (χ4n) is 3.05. The van der Waals surface area contributed by atoms with Gasteiger partial charge in [0.05, 0.1) is 18.1 Å². The van der Waals surface area contributed by atoms with E-state index in [0.29, 0.717) is 22.3 Å². The van der Waals surface area contributed by atoms with Crippen molar-refractivity contribution in [2.24, 2.45) is 5.73 Å². The molecule has 0 saturated carbocycles. The molecule has 8 nitrogen and oxygen atoms in total. The van der Waals surface area contributed by atoms with E-state index in [2.05, 4.69) is 14.7 Å². The van der Waals surface area contributed by atoms with Gasteiger partial charge in [0.2, 0.25) is 5.82 Å². The number of rotatable bonds is 3. The molecule has 29 heavy (non-hydrogen) atoms. The molecule has 154 valence electrons. The van der Waals surface area contributed by atoms with Gasteiger partial charge in [0.25, 0.3) is 5.56 Å². The number of carboxylic acids is 1. The monoisotopic (exact) mass is 437 g/mol. The van der Waals surface area contributed by atoms with Crippen molar-refractivity contribution in [2.75, 3.05) is 7.11 Å². The lowest BCUT2D eigenvalue weighted by Gasteiger charge is -2.00. The Morgan fingerprint density at radius 2 is 2.10 bits per heavy atom. The Hall–Kier alpha value is -2.75. The molecule has 0 bridgehead atoms. The van der Waals surface area contributed by atoms with E-state index in [1.54, 1.807) is 18.2 Å². The highest BCUT2D eigenvalue weighted by molar-refractivity contribution is 7.18. The quantitative estimate of drug-likeness (QED) is 0.535. The van der Waals surface area contributed by atoms with Crippen LogP contribution in [-0.2, 0) is 24.1 Å². The molecule has 2 aromatic heterocycles. The first kappa shape index (κ1) is 22.5. The summed E-state index contributed by atoms with van der Waals surface area (Å²) in [5.74, 6) is -1.81. The third-order valence-corrected chi connectivity index (χ3v) is 5.55. The van der Waals surface area contributed by atoms with Gasteiger partial charge in [0.1, 0.15) is 4.83 Å². The van der Waals surface area contributed by atoms with Gasteiger partial charge >= 0.3 is 11.9 Å². The first-order valence-corrected chi connectivity index (χ1v) is 9.41. The fraction of sp³-hybridized carbons (Fsp3) is 0.263. The highest BCUT2D eigenvalue weighted by Crippen LogP contribution is 2.34. The number of thiophene rings is 1. The molecule has 0 spiro atoms. The zero-order valence-electron chi connectivity index (χ0n) is 15.6.